The number of benzene rings is 1. The fourth-order valence-electron chi connectivity index (χ4n) is 3.02. The van der Waals surface area contributed by atoms with E-state index in [-0.39, 0.29) is 0 Å². The molecule has 20 heavy (non-hydrogen) atoms. The number of hydrogen-bond acceptors (Lipinski definition) is 2. The molecular weight excluding hydrogens is 246 g/mol. The molecule has 1 N–H and O–H groups in total. The van der Waals surface area contributed by atoms with Gasteiger partial charge in [0.1, 0.15) is 12.4 Å². The van der Waals surface area contributed by atoms with Crippen molar-refractivity contribution in [2.24, 2.45) is 11.8 Å². The lowest BCUT2D eigenvalue weighted by atomic mass is 9.78. The molecule has 1 aliphatic rings. The van der Waals surface area contributed by atoms with Crippen LogP contribution in [0.25, 0.3) is 0 Å². The summed E-state index contributed by atoms with van der Waals surface area (Å²) in [6.45, 7) is 9.92. The molecule has 0 spiro atoms. The van der Waals surface area contributed by atoms with Gasteiger partial charge in [-0.25, -0.2) is 0 Å². The molecule has 0 saturated heterocycles. The van der Waals surface area contributed by atoms with E-state index in [0.29, 0.717) is 12.6 Å². The summed E-state index contributed by atoms with van der Waals surface area (Å²) in [7, 11) is 0. The molecule has 0 heterocycles. The van der Waals surface area contributed by atoms with Crippen LogP contribution in [0.5, 0.6) is 5.75 Å². The van der Waals surface area contributed by atoms with Gasteiger partial charge in [-0.15, -0.1) is 0 Å². The standard InChI is InChI=1S/C18H27NO/c1-4-11-20-17-9-6-8-16(12-17)13-19-18-10-5-7-14(2)15(18)3/h4,6,8-9,12,14-15,18-19H,1,5,7,10-11,13H2,2-3H3/t14-,15-,18-/m1/s1. The van der Waals surface area contributed by atoms with Crippen LogP contribution in [0.2, 0.25) is 0 Å². The second-order valence-corrected chi connectivity index (χ2v) is 6.00. The van der Waals surface area contributed by atoms with Crippen LogP contribution in [0.4, 0.5) is 0 Å². The van der Waals surface area contributed by atoms with E-state index in [1.54, 1.807) is 6.08 Å². The van der Waals surface area contributed by atoms with Gasteiger partial charge in [0.15, 0.2) is 0 Å². The van der Waals surface area contributed by atoms with Crippen LogP contribution in [0, 0.1) is 11.8 Å². The van der Waals surface area contributed by atoms with Crippen LogP contribution in [0.15, 0.2) is 36.9 Å². The second-order valence-electron chi connectivity index (χ2n) is 6.00. The summed E-state index contributed by atoms with van der Waals surface area (Å²) >= 11 is 0. The van der Waals surface area contributed by atoms with E-state index in [1.807, 2.05) is 6.07 Å². The third kappa shape index (κ3) is 4.11. The van der Waals surface area contributed by atoms with E-state index in [0.717, 1.165) is 24.1 Å². The zero-order valence-corrected chi connectivity index (χ0v) is 12.8. The van der Waals surface area contributed by atoms with Crippen molar-refractivity contribution < 1.29 is 4.74 Å². The van der Waals surface area contributed by atoms with Gasteiger partial charge in [-0.05, 0) is 36.0 Å². The van der Waals surface area contributed by atoms with Gasteiger partial charge in [0.05, 0.1) is 0 Å². The van der Waals surface area contributed by atoms with Gasteiger partial charge in [0, 0.05) is 12.6 Å². The molecule has 0 aromatic heterocycles. The monoisotopic (exact) mass is 273 g/mol. The third-order valence-corrected chi connectivity index (χ3v) is 4.54. The van der Waals surface area contributed by atoms with Gasteiger partial charge in [0.2, 0.25) is 0 Å². The van der Waals surface area contributed by atoms with Crippen molar-refractivity contribution in [3.05, 3.63) is 42.5 Å². The summed E-state index contributed by atoms with van der Waals surface area (Å²) < 4.78 is 5.58. The first-order valence-electron chi connectivity index (χ1n) is 7.76. The lowest BCUT2D eigenvalue weighted by Gasteiger charge is -2.34. The smallest absolute Gasteiger partial charge is 0.120 e. The molecule has 2 heteroatoms. The summed E-state index contributed by atoms with van der Waals surface area (Å²) in [5.41, 5.74) is 1.29. The van der Waals surface area contributed by atoms with Gasteiger partial charge in [-0.1, -0.05) is 51.5 Å². The van der Waals surface area contributed by atoms with E-state index in [1.165, 1.54) is 24.8 Å². The van der Waals surface area contributed by atoms with Crippen LogP contribution in [-0.2, 0) is 6.54 Å². The highest BCUT2D eigenvalue weighted by atomic mass is 16.5. The SMILES string of the molecule is C=CCOc1cccc(CN[C@@H]2CCC[C@@H](C)[C@H]2C)c1. The Kier molecular flexibility index (Phi) is 5.66. The first-order chi connectivity index (χ1) is 9.70. The number of rotatable bonds is 6. The average Bonchev–Trinajstić information content (AvgIpc) is 2.47. The molecule has 0 amide bonds. The lowest BCUT2D eigenvalue weighted by Crippen LogP contribution is -2.40. The van der Waals surface area contributed by atoms with Crippen molar-refractivity contribution in [2.75, 3.05) is 6.61 Å². The maximum Gasteiger partial charge on any atom is 0.120 e. The topological polar surface area (TPSA) is 21.3 Å². The molecule has 0 bridgehead atoms. The molecule has 0 radical (unpaired) electrons. The number of nitrogens with one attached hydrogen (secondary N) is 1. The zero-order valence-electron chi connectivity index (χ0n) is 12.8. The van der Waals surface area contributed by atoms with E-state index < -0.39 is 0 Å². The maximum absolute atomic E-state index is 5.58. The molecule has 0 aliphatic heterocycles. The summed E-state index contributed by atoms with van der Waals surface area (Å²) in [5, 5.41) is 3.73. The van der Waals surface area contributed by atoms with Crippen LogP contribution in [0.3, 0.4) is 0 Å². The number of hydrogen-bond donors (Lipinski definition) is 1. The normalized spacial score (nSPS) is 26.2. The summed E-state index contributed by atoms with van der Waals surface area (Å²) in [6.07, 6.45) is 5.81. The Balaban J connectivity index is 1.88. The fourth-order valence-corrected chi connectivity index (χ4v) is 3.02. The Morgan fingerprint density at radius 2 is 2.20 bits per heavy atom. The quantitative estimate of drug-likeness (QED) is 0.786. The predicted octanol–water partition coefficient (Wildman–Crippen LogP) is 4.17. The van der Waals surface area contributed by atoms with Crippen molar-refractivity contribution >= 4 is 0 Å². The Bertz CT molecular complexity index is 429. The van der Waals surface area contributed by atoms with Gasteiger partial charge in [-0.3, -0.25) is 0 Å². The minimum Gasteiger partial charge on any atom is -0.490 e. The van der Waals surface area contributed by atoms with Crippen LogP contribution < -0.4 is 10.1 Å². The van der Waals surface area contributed by atoms with E-state index >= 15 is 0 Å². The molecule has 2 nitrogen and oxygen atoms in total. The predicted molar refractivity (Wildman–Crippen MR) is 84.9 cm³/mol. The van der Waals surface area contributed by atoms with Crippen molar-refractivity contribution in [3.63, 3.8) is 0 Å². The Hall–Kier alpha value is -1.28. The molecule has 1 aliphatic carbocycles. The van der Waals surface area contributed by atoms with Crippen molar-refractivity contribution in [1.82, 2.24) is 5.32 Å². The highest BCUT2D eigenvalue weighted by Gasteiger charge is 2.26. The third-order valence-electron chi connectivity index (χ3n) is 4.54. The highest BCUT2D eigenvalue weighted by Crippen LogP contribution is 2.29. The molecule has 1 saturated carbocycles. The van der Waals surface area contributed by atoms with Crippen LogP contribution in [0.1, 0.15) is 38.7 Å². The van der Waals surface area contributed by atoms with Gasteiger partial charge >= 0.3 is 0 Å². The fraction of sp³-hybridized carbons (Fsp3) is 0.556. The maximum atomic E-state index is 5.58. The summed E-state index contributed by atoms with van der Waals surface area (Å²) in [6, 6.07) is 8.98. The highest BCUT2D eigenvalue weighted by molar-refractivity contribution is 5.28. The lowest BCUT2D eigenvalue weighted by molar-refractivity contribution is 0.206. The average molecular weight is 273 g/mol. The Labute approximate surface area is 123 Å². The molecule has 0 unspecified atom stereocenters. The Morgan fingerprint density at radius 1 is 1.35 bits per heavy atom. The summed E-state index contributed by atoms with van der Waals surface area (Å²) in [4.78, 5) is 0. The first-order valence-corrected chi connectivity index (χ1v) is 7.76. The molecule has 1 aromatic rings. The van der Waals surface area contributed by atoms with Crippen LogP contribution in [-0.4, -0.2) is 12.6 Å². The largest absolute Gasteiger partial charge is 0.490 e. The molecule has 1 aromatic carbocycles. The van der Waals surface area contributed by atoms with E-state index in [4.69, 9.17) is 4.74 Å². The summed E-state index contributed by atoms with van der Waals surface area (Å²) in [5.74, 6) is 2.53. The molecule has 1 fully saturated rings. The minimum atomic E-state index is 0.564. The van der Waals surface area contributed by atoms with Gasteiger partial charge < -0.3 is 10.1 Å². The molecular formula is C18H27NO. The minimum absolute atomic E-state index is 0.564. The Morgan fingerprint density at radius 3 is 3.00 bits per heavy atom. The van der Waals surface area contributed by atoms with E-state index in [2.05, 4.69) is 43.9 Å². The number of ether oxygens (including phenoxy) is 1. The van der Waals surface area contributed by atoms with Crippen molar-refractivity contribution in [1.29, 1.82) is 0 Å². The van der Waals surface area contributed by atoms with Gasteiger partial charge in [0.25, 0.3) is 0 Å². The van der Waals surface area contributed by atoms with Crippen molar-refractivity contribution in [2.45, 2.75) is 45.7 Å². The van der Waals surface area contributed by atoms with Crippen molar-refractivity contribution in [3.8, 4) is 5.75 Å². The molecule has 2 rings (SSSR count). The second kappa shape index (κ2) is 7.49. The zero-order chi connectivity index (χ0) is 14.4. The molecule has 110 valence electrons. The first kappa shape index (κ1) is 15.1. The van der Waals surface area contributed by atoms with Crippen LogP contribution >= 0.6 is 0 Å². The molecule has 3 atom stereocenters. The van der Waals surface area contributed by atoms with Gasteiger partial charge in [-0.2, -0.15) is 0 Å². The van der Waals surface area contributed by atoms with E-state index in [9.17, 15) is 0 Å².